The summed E-state index contributed by atoms with van der Waals surface area (Å²) in [6, 6.07) is 15.7. The van der Waals surface area contributed by atoms with Crippen LogP contribution in [0.5, 0.6) is 5.75 Å². The summed E-state index contributed by atoms with van der Waals surface area (Å²) < 4.78 is 5.23. The summed E-state index contributed by atoms with van der Waals surface area (Å²) in [6.45, 7) is 4.39. The number of hydrogen-bond donors (Lipinski definition) is 2. The Balaban J connectivity index is 2.10. The van der Waals surface area contributed by atoms with Gasteiger partial charge in [0.15, 0.2) is 5.11 Å². The Morgan fingerprint density at radius 2 is 1.79 bits per heavy atom. The Kier molecular flexibility index (Phi) is 6.88. The van der Waals surface area contributed by atoms with Crippen LogP contribution in [0.4, 0.5) is 5.69 Å². The van der Waals surface area contributed by atoms with Gasteiger partial charge in [-0.1, -0.05) is 49.7 Å². The van der Waals surface area contributed by atoms with E-state index in [0.717, 1.165) is 17.9 Å². The highest BCUT2D eigenvalue weighted by molar-refractivity contribution is 7.80. The minimum absolute atomic E-state index is 0.124. The lowest BCUT2D eigenvalue weighted by Gasteiger charge is -2.23. The molecule has 1 atom stereocenters. The molecule has 2 aromatic rings. The van der Waals surface area contributed by atoms with E-state index < -0.39 is 0 Å². The number of halogens is 1. The maximum Gasteiger partial charge on any atom is 0.171 e. The zero-order valence-electron chi connectivity index (χ0n) is 14.2. The molecule has 0 amide bonds. The SMILES string of the molecule is COc1ccc([C@@H](CC(C)C)NC(=S)Nc2ccccc2Cl)cc1. The van der Waals surface area contributed by atoms with E-state index in [1.54, 1.807) is 7.11 Å². The molecule has 24 heavy (non-hydrogen) atoms. The summed E-state index contributed by atoms with van der Waals surface area (Å²) in [7, 11) is 1.67. The standard InChI is InChI=1S/C19H23ClN2OS/c1-13(2)12-18(14-8-10-15(23-3)11-9-14)22-19(24)21-17-7-5-4-6-16(17)20/h4-11,13,18H,12H2,1-3H3,(H2,21,22,24)/t18-/m1/s1. The average molecular weight is 363 g/mol. The summed E-state index contributed by atoms with van der Waals surface area (Å²) in [4.78, 5) is 0. The summed E-state index contributed by atoms with van der Waals surface area (Å²) >= 11 is 11.6. The Labute approximate surface area is 154 Å². The van der Waals surface area contributed by atoms with Crippen molar-refractivity contribution in [1.29, 1.82) is 0 Å². The number of hydrogen-bond acceptors (Lipinski definition) is 2. The van der Waals surface area contributed by atoms with E-state index in [0.29, 0.717) is 16.1 Å². The van der Waals surface area contributed by atoms with Crippen molar-refractivity contribution in [2.24, 2.45) is 5.92 Å². The molecule has 0 fully saturated rings. The molecule has 128 valence electrons. The molecule has 0 aliphatic rings. The van der Waals surface area contributed by atoms with Gasteiger partial charge in [0.05, 0.1) is 23.9 Å². The molecule has 0 aliphatic carbocycles. The molecular weight excluding hydrogens is 340 g/mol. The van der Waals surface area contributed by atoms with E-state index in [2.05, 4.69) is 36.6 Å². The molecular formula is C19H23ClN2OS. The third-order valence-electron chi connectivity index (χ3n) is 3.65. The molecule has 0 unspecified atom stereocenters. The molecule has 0 aliphatic heterocycles. The number of para-hydroxylation sites is 1. The molecule has 0 spiro atoms. The van der Waals surface area contributed by atoms with Gasteiger partial charge in [-0.2, -0.15) is 0 Å². The second-order valence-electron chi connectivity index (χ2n) is 6.03. The molecule has 0 saturated heterocycles. The Morgan fingerprint density at radius 3 is 2.38 bits per heavy atom. The van der Waals surface area contributed by atoms with Crippen LogP contribution in [0.15, 0.2) is 48.5 Å². The van der Waals surface area contributed by atoms with Crippen molar-refractivity contribution < 1.29 is 4.74 Å². The van der Waals surface area contributed by atoms with E-state index in [1.165, 1.54) is 5.56 Å². The van der Waals surface area contributed by atoms with Crippen molar-refractivity contribution in [2.45, 2.75) is 26.3 Å². The van der Waals surface area contributed by atoms with Crippen LogP contribution in [0.3, 0.4) is 0 Å². The largest absolute Gasteiger partial charge is 0.497 e. The van der Waals surface area contributed by atoms with Crippen LogP contribution in [0, 0.1) is 5.92 Å². The topological polar surface area (TPSA) is 33.3 Å². The first-order chi connectivity index (χ1) is 11.5. The Bertz CT molecular complexity index is 673. The molecule has 0 radical (unpaired) electrons. The van der Waals surface area contributed by atoms with E-state index in [9.17, 15) is 0 Å². The monoisotopic (exact) mass is 362 g/mol. The Morgan fingerprint density at radius 1 is 1.12 bits per heavy atom. The highest BCUT2D eigenvalue weighted by Crippen LogP contribution is 2.25. The highest BCUT2D eigenvalue weighted by Gasteiger charge is 2.15. The number of anilines is 1. The van der Waals surface area contributed by atoms with Gasteiger partial charge in [0.25, 0.3) is 0 Å². The lowest BCUT2D eigenvalue weighted by molar-refractivity contribution is 0.414. The minimum atomic E-state index is 0.124. The van der Waals surface area contributed by atoms with Crippen LogP contribution in [-0.4, -0.2) is 12.2 Å². The quantitative estimate of drug-likeness (QED) is 0.672. The van der Waals surface area contributed by atoms with Gasteiger partial charge in [0, 0.05) is 0 Å². The summed E-state index contributed by atoms with van der Waals surface area (Å²) in [5.74, 6) is 1.38. The van der Waals surface area contributed by atoms with Crippen molar-refractivity contribution in [1.82, 2.24) is 5.32 Å². The van der Waals surface area contributed by atoms with Gasteiger partial charge < -0.3 is 15.4 Å². The zero-order valence-corrected chi connectivity index (χ0v) is 15.7. The molecule has 3 nitrogen and oxygen atoms in total. The third kappa shape index (κ3) is 5.39. The molecule has 5 heteroatoms. The number of rotatable bonds is 6. The molecule has 2 aromatic carbocycles. The summed E-state index contributed by atoms with van der Waals surface area (Å²) in [5.41, 5.74) is 1.97. The Hall–Kier alpha value is -1.78. The van der Waals surface area contributed by atoms with Crippen molar-refractivity contribution in [3.05, 3.63) is 59.1 Å². The molecule has 0 heterocycles. The fourth-order valence-electron chi connectivity index (χ4n) is 2.47. The molecule has 0 aromatic heterocycles. The van der Waals surface area contributed by atoms with Gasteiger partial charge >= 0.3 is 0 Å². The lowest BCUT2D eigenvalue weighted by atomic mass is 9.97. The van der Waals surface area contributed by atoms with Crippen LogP contribution in [0.25, 0.3) is 0 Å². The first kappa shape index (κ1) is 18.6. The minimum Gasteiger partial charge on any atom is -0.497 e. The molecule has 0 bridgehead atoms. The van der Waals surface area contributed by atoms with Gasteiger partial charge in [-0.05, 0) is 54.4 Å². The average Bonchev–Trinajstić information content (AvgIpc) is 2.56. The third-order valence-corrected chi connectivity index (χ3v) is 4.20. The van der Waals surface area contributed by atoms with Crippen molar-refractivity contribution >= 4 is 34.6 Å². The predicted molar refractivity (Wildman–Crippen MR) is 106 cm³/mol. The zero-order chi connectivity index (χ0) is 17.5. The van der Waals surface area contributed by atoms with Crippen molar-refractivity contribution in [2.75, 3.05) is 12.4 Å². The van der Waals surface area contributed by atoms with E-state index in [-0.39, 0.29) is 6.04 Å². The predicted octanol–water partition coefficient (Wildman–Crippen LogP) is 5.42. The normalized spacial score (nSPS) is 11.9. The number of methoxy groups -OCH3 is 1. The van der Waals surface area contributed by atoms with Gasteiger partial charge in [-0.3, -0.25) is 0 Å². The fourth-order valence-corrected chi connectivity index (χ4v) is 2.90. The highest BCUT2D eigenvalue weighted by atomic mass is 35.5. The summed E-state index contributed by atoms with van der Waals surface area (Å²) in [6.07, 6.45) is 0.969. The second-order valence-corrected chi connectivity index (χ2v) is 6.85. The van der Waals surface area contributed by atoms with Crippen molar-refractivity contribution in [3.8, 4) is 5.75 Å². The second kappa shape index (κ2) is 8.90. The fraction of sp³-hybridized carbons (Fsp3) is 0.316. The maximum absolute atomic E-state index is 6.18. The van der Waals surface area contributed by atoms with Crippen LogP contribution in [0.2, 0.25) is 5.02 Å². The number of ether oxygens (including phenoxy) is 1. The number of benzene rings is 2. The summed E-state index contributed by atoms with van der Waals surface area (Å²) in [5, 5.41) is 7.77. The van der Waals surface area contributed by atoms with E-state index in [1.807, 2.05) is 36.4 Å². The maximum atomic E-state index is 6.18. The van der Waals surface area contributed by atoms with Crippen LogP contribution >= 0.6 is 23.8 Å². The van der Waals surface area contributed by atoms with Gasteiger partial charge in [-0.25, -0.2) is 0 Å². The first-order valence-corrected chi connectivity index (χ1v) is 8.74. The van der Waals surface area contributed by atoms with Crippen LogP contribution in [-0.2, 0) is 0 Å². The molecule has 0 saturated carbocycles. The molecule has 2 rings (SSSR count). The van der Waals surface area contributed by atoms with Crippen molar-refractivity contribution in [3.63, 3.8) is 0 Å². The van der Waals surface area contributed by atoms with Crippen LogP contribution in [0.1, 0.15) is 31.9 Å². The molecule has 2 N–H and O–H groups in total. The smallest absolute Gasteiger partial charge is 0.171 e. The van der Waals surface area contributed by atoms with Gasteiger partial charge in [0.1, 0.15) is 5.75 Å². The first-order valence-electron chi connectivity index (χ1n) is 7.95. The van der Waals surface area contributed by atoms with Gasteiger partial charge in [0.2, 0.25) is 0 Å². The van der Waals surface area contributed by atoms with E-state index in [4.69, 9.17) is 28.6 Å². The van der Waals surface area contributed by atoms with Gasteiger partial charge in [-0.15, -0.1) is 0 Å². The number of nitrogens with one attached hydrogen (secondary N) is 2. The lowest BCUT2D eigenvalue weighted by Crippen LogP contribution is -2.33. The van der Waals surface area contributed by atoms with Crippen LogP contribution < -0.4 is 15.4 Å². The number of thiocarbonyl (C=S) groups is 1. The van der Waals surface area contributed by atoms with E-state index >= 15 is 0 Å².